The molecular formula is C21H31N3O10S. The predicted octanol–water partition coefficient (Wildman–Crippen LogP) is 0.426. The number of carbonyl (C=O) groups excluding carboxylic acids is 3. The normalized spacial score (nSPS) is 13.2. The smallest absolute Gasteiger partial charge is 0.414 e. The van der Waals surface area contributed by atoms with E-state index in [0.29, 0.717) is 17.1 Å². The van der Waals surface area contributed by atoms with Crippen LogP contribution in [-0.4, -0.2) is 104 Å². The highest BCUT2D eigenvalue weighted by atomic mass is 32.1. The van der Waals surface area contributed by atoms with Gasteiger partial charge in [-0.3, -0.25) is 9.69 Å². The number of carbonyl (C=O) groups is 5. The van der Waals surface area contributed by atoms with Crippen molar-refractivity contribution in [1.82, 2.24) is 10.2 Å². The number of carboxylic acids is 2. The molecule has 1 fully saturated rings. The van der Waals surface area contributed by atoms with Crippen molar-refractivity contribution in [2.45, 2.75) is 20.8 Å². The summed E-state index contributed by atoms with van der Waals surface area (Å²) in [6.07, 6.45) is 0. The summed E-state index contributed by atoms with van der Waals surface area (Å²) in [4.78, 5) is 57.6. The average Bonchev–Trinajstić information content (AvgIpc) is 3.13. The summed E-state index contributed by atoms with van der Waals surface area (Å²) in [7, 11) is 0. The Morgan fingerprint density at radius 1 is 1.00 bits per heavy atom. The highest BCUT2D eigenvalue weighted by molar-refractivity contribution is 7.18. The number of hydrogen-bond donors (Lipinski definition) is 4. The van der Waals surface area contributed by atoms with Crippen molar-refractivity contribution in [1.29, 1.82) is 0 Å². The van der Waals surface area contributed by atoms with E-state index in [1.165, 1.54) is 0 Å². The molecule has 0 atom stereocenters. The van der Waals surface area contributed by atoms with Crippen molar-refractivity contribution in [3.05, 3.63) is 16.0 Å². The number of morpholine rings is 1. The van der Waals surface area contributed by atoms with Gasteiger partial charge < -0.3 is 35.1 Å². The Morgan fingerprint density at radius 2 is 1.57 bits per heavy atom. The zero-order valence-electron chi connectivity index (χ0n) is 19.9. The SMILES string of the molecule is CCOC(=O)c1sc(NC(=O)CNCCN2CCOCC2)c(C(=O)OCC)c1C.O=C(O)C(=O)O. The highest BCUT2D eigenvalue weighted by Gasteiger charge is 2.27. The maximum absolute atomic E-state index is 12.3. The van der Waals surface area contributed by atoms with Crippen molar-refractivity contribution >= 4 is 46.1 Å². The van der Waals surface area contributed by atoms with Gasteiger partial charge in [0, 0.05) is 26.2 Å². The molecule has 1 saturated heterocycles. The molecule has 196 valence electrons. The number of nitrogens with one attached hydrogen (secondary N) is 2. The van der Waals surface area contributed by atoms with E-state index in [0.717, 1.165) is 44.2 Å². The van der Waals surface area contributed by atoms with Crippen LogP contribution in [0.1, 0.15) is 39.4 Å². The summed E-state index contributed by atoms with van der Waals surface area (Å²) >= 11 is 1.02. The summed E-state index contributed by atoms with van der Waals surface area (Å²) in [6, 6.07) is 0. The van der Waals surface area contributed by atoms with E-state index < -0.39 is 23.9 Å². The minimum absolute atomic E-state index is 0.0955. The number of aliphatic carboxylic acids is 2. The van der Waals surface area contributed by atoms with Gasteiger partial charge in [0.15, 0.2) is 0 Å². The van der Waals surface area contributed by atoms with E-state index in [1.54, 1.807) is 20.8 Å². The molecule has 1 aromatic rings. The zero-order chi connectivity index (χ0) is 26.4. The summed E-state index contributed by atoms with van der Waals surface area (Å²) in [5.74, 6) is -5.05. The summed E-state index contributed by atoms with van der Waals surface area (Å²) < 4.78 is 15.4. The van der Waals surface area contributed by atoms with Crippen LogP contribution >= 0.6 is 11.3 Å². The molecule has 0 aliphatic carbocycles. The second kappa shape index (κ2) is 15.8. The fourth-order valence-corrected chi connectivity index (χ4v) is 3.98. The predicted molar refractivity (Wildman–Crippen MR) is 125 cm³/mol. The van der Waals surface area contributed by atoms with Crippen LogP contribution in [0.5, 0.6) is 0 Å². The molecule has 35 heavy (non-hydrogen) atoms. The van der Waals surface area contributed by atoms with Gasteiger partial charge in [-0.2, -0.15) is 0 Å². The molecule has 2 rings (SSSR count). The zero-order valence-corrected chi connectivity index (χ0v) is 20.7. The Balaban J connectivity index is 0.000000905. The van der Waals surface area contributed by atoms with Crippen LogP contribution in [0.3, 0.4) is 0 Å². The minimum Gasteiger partial charge on any atom is -0.473 e. The standard InChI is InChI=1S/C19H29N3O6S.C2H2O4/c1-4-27-18(24)15-13(3)16(19(25)28-5-2)29-17(15)21-14(23)12-20-6-7-22-8-10-26-11-9-22;3-1(4)2(5)6/h20H,4-12H2,1-3H3,(H,21,23);(H,3,4)(H,5,6). The molecule has 1 aromatic heterocycles. The van der Waals surface area contributed by atoms with Gasteiger partial charge >= 0.3 is 23.9 Å². The number of anilines is 1. The molecule has 0 unspecified atom stereocenters. The average molecular weight is 518 g/mol. The Morgan fingerprint density at radius 3 is 2.11 bits per heavy atom. The van der Waals surface area contributed by atoms with Crippen LogP contribution in [-0.2, 0) is 28.6 Å². The third-order valence-corrected chi connectivity index (χ3v) is 5.70. The Labute approximate surface area is 206 Å². The summed E-state index contributed by atoms with van der Waals surface area (Å²) in [6.45, 7) is 10.3. The molecule has 2 heterocycles. The summed E-state index contributed by atoms with van der Waals surface area (Å²) in [5, 5.41) is 20.9. The molecule has 14 heteroatoms. The van der Waals surface area contributed by atoms with Crippen molar-refractivity contribution in [2.24, 2.45) is 0 Å². The van der Waals surface area contributed by atoms with Crippen molar-refractivity contribution in [2.75, 3.05) is 64.5 Å². The maximum Gasteiger partial charge on any atom is 0.414 e. The molecule has 4 N–H and O–H groups in total. The van der Waals surface area contributed by atoms with E-state index in [9.17, 15) is 14.4 Å². The molecular weight excluding hydrogens is 486 g/mol. The fourth-order valence-electron chi connectivity index (χ4n) is 2.88. The third kappa shape index (κ3) is 10.4. The molecule has 1 aliphatic heterocycles. The van der Waals surface area contributed by atoms with Crippen LogP contribution in [0.4, 0.5) is 5.00 Å². The first kappa shape index (κ1) is 30.0. The second-order valence-electron chi connectivity index (χ2n) is 6.99. The molecule has 1 amide bonds. The van der Waals surface area contributed by atoms with Crippen molar-refractivity contribution < 1.29 is 48.4 Å². The van der Waals surface area contributed by atoms with Gasteiger partial charge in [0.1, 0.15) is 9.88 Å². The molecule has 0 aromatic carbocycles. The van der Waals surface area contributed by atoms with Gasteiger partial charge in [-0.15, -0.1) is 11.3 Å². The van der Waals surface area contributed by atoms with Crippen LogP contribution in [0, 0.1) is 6.92 Å². The first-order valence-electron chi connectivity index (χ1n) is 10.9. The van der Waals surface area contributed by atoms with Crippen molar-refractivity contribution in [3.8, 4) is 0 Å². The van der Waals surface area contributed by atoms with Crippen LogP contribution < -0.4 is 10.6 Å². The largest absolute Gasteiger partial charge is 0.473 e. The number of thiophene rings is 1. The minimum atomic E-state index is -1.82. The second-order valence-corrected chi connectivity index (χ2v) is 8.01. The number of rotatable bonds is 10. The number of ether oxygens (including phenoxy) is 3. The Hall–Kier alpha value is -3.07. The number of carboxylic acid groups (broad SMARTS) is 2. The van der Waals surface area contributed by atoms with Gasteiger partial charge in [0.05, 0.1) is 38.5 Å². The van der Waals surface area contributed by atoms with Gasteiger partial charge in [0.2, 0.25) is 5.91 Å². The topological polar surface area (TPSA) is 181 Å². The van der Waals surface area contributed by atoms with Gasteiger partial charge in [-0.05, 0) is 26.3 Å². The lowest BCUT2D eigenvalue weighted by Gasteiger charge is -2.26. The number of hydrogen-bond acceptors (Lipinski definition) is 11. The van der Waals surface area contributed by atoms with E-state index in [4.69, 9.17) is 34.0 Å². The van der Waals surface area contributed by atoms with Gasteiger partial charge in [-0.25, -0.2) is 19.2 Å². The lowest BCUT2D eigenvalue weighted by molar-refractivity contribution is -0.159. The first-order chi connectivity index (χ1) is 16.6. The number of esters is 2. The maximum atomic E-state index is 12.3. The quantitative estimate of drug-likeness (QED) is 0.191. The lowest BCUT2D eigenvalue weighted by atomic mass is 10.1. The summed E-state index contributed by atoms with van der Waals surface area (Å²) in [5.41, 5.74) is 0.643. The number of nitrogens with zero attached hydrogens (tertiary/aromatic N) is 1. The Kier molecular flexibility index (Phi) is 13.5. The third-order valence-electron chi connectivity index (χ3n) is 4.52. The Bertz CT molecular complexity index is 884. The number of amides is 1. The molecule has 0 bridgehead atoms. The van der Waals surface area contributed by atoms with Crippen molar-refractivity contribution in [3.63, 3.8) is 0 Å². The van der Waals surface area contributed by atoms with Gasteiger partial charge in [0.25, 0.3) is 0 Å². The molecule has 0 saturated carbocycles. The van der Waals surface area contributed by atoms with Crippen LogP contribution in [0.2, 0.25) is 0 Å². The van der Waals surface area contributed by atoms with E-state index in [1.807, 2.05) is 0 Å². The van der Waals surface area contributed by atoms with E-state index in [2.05, 4.69) is 15.5 Å². The van der Waals surface area contributed by atoms with E-state index >= 15 is 0 Å². The van der Waals surface area contributed by atoms with Crippen LogP contribution in [0.15, 0.2) is 0 Å². The lowest BCUT2D eigenvalue weighted by Crippen LogP contribution is -2.41. The highest BCUT2D eigenvalue weighted by Crippen LogP contribution is 2.34. The molecule has 0 radical (unpaired) electrons. The fraction of sp³-hybridized carbons (Fsp3) is 0.571. The molecule has 0 spiro atoms. The van der Waals surface area contributed by atoms with Gasteiger partial charge in [-0.1, -0.05) is 0 Å². The first-order valence-corrected chi connectivity index (χ1v) is 11.7. The monoisotopic (exact) mass is 517 g/mol. The van der Waals surface area contributed by atoms with Crippen LogP contribution in [0.25, 0.3) is 0 Å². The van der Waals surface area contributed by atoms with E-state index in [-0.39, 0.29) is 36.1 Å². The molecule has 13 nitrogen and oxygen atoms in total. The molecule has 1 aliphatic rings.